The van der Waals surface area contributed by atoms with E-state index in [1.54, 1.807) is 41.0 Å². The Morgan fingerprint density at radius 3 is 2.83 bits per heavy atom. The molecule has 0 aliphatic rings. The summed E-state index contributed by atoms with van der Waals surface area (Å²) in [7, 11) is 4.59. The van der Waals surface area contributed by atoms with E-state index < -0.39 is 11.9 Å². The van der Waals surface area contributed by atoms with Crippen LogP contribution in [-0.2, 0) is 11.8 Å². The summed E-state index contributed by atoms with van der Waals surface area (Å²) in [4.78, 5) is 8.47. The molecule has 0 saturated carbocycles. The Morgan fingerprint density at radius 2 is 2.17 bits per heavy atom. The Labute approximate surface area is 169 Å². The number of halogens is 2. The van der Waals surface area contributed by atoms with Crippen LogP contribution in [0.15, 0.2) is 24.8 Å². The van der Waals surface area contributed by atoms with Gasteiger partial charge < -0.3 is 23.7 Å². The standard InChI is InChI=1S/C18H18ClFN6O3/c1-25-14-9(6-11(29-3)12(19)13(14)20)15(26-5-4-21-8-26)16(25)18-22-17(23-24-18)10(27)7-28-2/h4-6,8,10,27H,7H2,1-3H3,(H,22,23,24)/t10-/m1/s1. The monoisotopic (exact) mass is 420 g/mol. The fraction of sp³-hybridized carbons (Fsp3) is 0.278. The van der Waals surface area contributed by atoms with Crippen LogP contribution in [0, 0.1) is 5.82 Å². The number of aliphatic hydroxyl groups is 1. The largest absolute Gasteiger partial charge is 0.495 e. The van der Waals surface area contributed by atoms with Crippen LogP contribution < -0.4 is 4.74 Å². The predicted molar refractivity (Wildman–Crippen MR) is 104 cm³/mol. The van der Waals surface area contributed by atoms with Crippen LogP contribution in [0.25, 0.3) is 28.1 Å². The molecule has 4 rings (SSSR count). The van der Waals surface area contributed by atoms with Gasteiger partial charge in [0.2, 0.25) is 0 Å². The molecular weight excluding hydrogens is 403 g/mol. The number of nitrogens with one attached hydrogen (secondary N) is 1. The second kappa shape index (κ2) is 7.47. The summed E-state index contributed by atoms with van der Waals surface area (Å²) >= 11 is 6.14. The lowest BCUT2D eigenvalue weighted by Crippen LogP contribution is -2.07. The van der Waals surface area contributed by atoms with Gasteiger partial charge in [-0.3, -0.25) is 5.10 Å². The first-order valence-corrected chi connectivity index (χ1v) is 8.98. The summed E-state index contributed by atoms with van der Waals surface area (Å²) in [5, 5.41) is 17.4. The van der Waals surface area contributed by atoms with Crippen LogP contribution in [0.1, 0.15) is 11.9 Å². The van der Waals surface area contributed by atoms with E-state index in [1.807, 2.05) is 0 Å². The van der Waals surface area contributed by atoms with Crippen molar-refractivity contribution in [2.24, 2.45) is 7.05 Å². The van der Waals surface area contributed by atoms with Crippen LogP contribution in [0.2, 0.25) is 5.02 Å². The molecule has 1 atom stereocenters. The maximum absolute atomic E-state index is 15.1. The quantitative estimate of drug-likeness (QED) is 0.497. The summed E-state index contributed by atoms with van der Waals surface area (Å²) in [6.45, 7) is 0.0439. The van der Waals surface area contributed by atoms with Crippen molar-refractivity contribution in [1.29, 1.82) is 0 Å². The van der Waals surface area contributed by atoms with E-state index in [2.05, 4.69) is 20.2 Å². The molecule has 11 heteroatoms. The number of methoxy groups -OCH3 is 2. The van der Waals surface area contributed by atoms with E-state index >= 15 is 4.39 Å². The van der Waals surface area contributed by atoms with Gasteiger partial charge in [0.15, 0.2) is 17.5 Å². The van der Waals surface area contributed by atoms with Crippen LogP contribution >= 0.6 is 11.6 Å². The molecule has 3 heterocycles. The second-order valence-electron chi connectivity index (χ2n) is 6.34. The molecule has 2 N–H and O–H groups in total. The minimum atomic E-state index is -0.998. The number of hydrogen-bond donors (Lipinski definition) is 2. The zero-order valence-corrected chi connectivity index (χ0v) is 16.6. The van der Waals surface area contributed by atoms with Gasteiger partial charge >= 0.3 is 0 Å². The molecule has 0 amide bonds. The number of aromatic amines is 1. The molecule has 0 unspecified atom stereocenters. The highest BCUT2D eigenvalue weighted by atomic mass is 35.5. The molecule has 0 bridgehead atoms. The lowest BCUT2D eigenvalue weighted by atomic mass is 10.2. The highest BCUT2D eigenvalue weighted by molar-refractivity contribution is 6.33. The van der Waals surface area contributed by atoms with Crippen LogP contribution in [0.3, 0.4) is 0 Å². The van der Waals surface area contributed by atoms with E-state index in [4.69, 9.17) is 21.1 Å². The van der Waals surface area contributed by atoms with Gasteiger partial charge in [0.25, 0.3) is 0 Å². The summed E-state index contributed by atoms with van der Waals surface area (Å²) in [6, 6.07) is 1.66. The maximum Gasteiger partial charge on any atom is 0.181 e. The Balaban J connectivity index is 2.03. The molecule has 3 aromatic heterocycles. The Bertz CT molecular complexity index is 1170. The molecule has 0 saturated heterocycles. The smallest absolute Gasteiger partial charge is 0.181 e. The molecule has 0 fully saturated rings. The highest BCUT2D eigenvalue weighted by Crippen LogP contribution is 2.41. The summed E-state index contributed by atoms with van der Waals surface area (Å²) < 4.78 is 28.7. The number of aryl methyl sites for hydroxylation is 1. The average molecular weight is 421 g/mol. The summed E-state index contributed by atoms with van der Waals surface area (Å²) in [5.41, 5.74) is 1.41. The van der Waals surface area contributed by atoms with E-state index in [9.17, 15) is 5.11 Å². The first-order valence-electron chi connectivity index (χ1n) is 8.60. The molecule has 0 aliphatic carbocycles. The van der Waals surface area contributed by atoms with Crippen LogP contribution in [0.5, 0.6) is 5.75 Å². The van der Waals surface area contributed by atoms with Gasteiger partial charge in [0.1, 0.15) is 22.6 Å². The van der Waals surface area contributed by atoms with Gasteiger partial charge in [-0.25, -0.2) is 14.4 Å². The molecule has 9 nitrogen and oxygen atoms in total. The molecule has 0 radical (unpaired) electrons. The Morgan fingerprint density at radius 1 is 1.38 bits per heavy atom. The molecule has 0 spiro atoms. The van der Waals surface area contributed by atoms with Crippen molar-refractivity contribution in [3.8, 4) is 23.0 Å². The van der Waals surface area contributed by atoms with Gasteiger partial charge in [-0.15, -0.1) is 0 Å². The summed E-state index contributed by atoms with van der Waals surface area (Å²) in [6.07, 6.45) is 3.94. The van der Waals surface area contributed by atoms with Crippen molar-refractivity contribution < 1.29 is 19.0 Å². The average Bonchev–Trinajstić information content (AvgIpc) is 3.43. The minimum Gasteiger partial charge on any atom is -0.495 e. The maximum atomic E-state index is 15.1. The number of aliphatic hydroxyl groups excluding tert-OH is 1. The van der Waals surface area contributed by atoms with Crippen molar-refractivity contribution in [3.63, 3.8) is 0 Å². The molecule has 29 heavy (non-hydrogen) atoms. The van der Waals surface area contributed by atoms with E-state index in [0.717, 1.165) is 0 Å². The van der Waals surface area contributed by atoms with Gasteiger partial charge in [0.05, 0.1) is 31.2 Å². The molecule has 1 aromatic carbocycles. The lowest BCUT2D eigenvalue weighted by Gasteiger charge is -2.07. The third-order valence-corrected chi connectivity index (χ3v) is 4.98. The number of hydrogen-bond acceptors (Lipinski definition) is 6. The SMILES string of the molecule is COC[C@@H](O)c1n[nH]c(-c2c(-n3ccnc3)c3cc(OC)c(Cl)c(F)c3n2C)n1. The number of imidazole rings is 1. The van der Waals surface area contributed by atoms with Gasteiger partial charge in [-0.2, -0.15) is 5.10 Å². The first kappa shape index (κ1) is 19.4. The fourth-order valence-electron chi connectivity index (χ4n) is 3.33. The topological polar surface area (TPSA) is 103 Å². The lowest BCUT2D eigenvalue weighted by molar-refractivity contribution is 0.0590. The first-order chi connectivity index (χ1) is 14.0. The van der Waals surface area contributed by atoms with Crippen molar-refractivity contribution in [2.45, 2.75) is 6.10 Å². The molecule has 0 aliphatic heterocycles. The molecule has 4 aromatic rings. The fourth-order valence-corrected chi connectivity index (χ4v) is 3.56. The number of benzene rings is 1. The van der Waals surface area contributed by atoms with E-state index in [-0.39, 0.29) is 28.7 Å². The van der Waals surface area contributed by atoms with Crippen molar-refractivity contribution in [1.82, 2.24) is 29.3 Å². The number of fused-ring (bicyclic) bond motifs is 1. The third-order valence-electron chi connectivity index (χ3n) is 4.63. The zero-order chi connectivity index (χ0) is 20.7. The normalized spacial score (nSPS) is 12.6. The van der Waals surface area contributed by atoms with Crippen molar-refractivity contribution in [2.75, 3.05) is 20.8 Å². The Hall–Kier alpha value is -2.95. The molecule has 152 valence electrons. The van der Waals surface area contributed by atoms with E-state index in [1.165, 1.54) is 14.2 Å². The van der Waals surface area contributed by atoms with Crippen LogP contribution in [-0.4, -0.2) is 55.2 Å². The third kappa shape index (κ3) is 3.05. The van der Waals surface area contributed by atoms with Gasteiger partial charge in [-0.05, 0) is 6.07 Å². The number of rotatable bonds is 6. The summed E-state index contributed by atoms with van der Waals surface area (Å²) in [5.74, 6) is 0.103. The minimum absolute atomic E-state index is 0.0439. The van der Waals surface area contributed by atoms with Crippen LogP contribution in [0.4, 0.5) is 4.39 Å². The number of ether oxygens (including phenoxy) is 2. The Kier molecular flexibility index (Phi) is 4.99. The number of nitrogens with zero attached hydrogens (tertiary/aromatic N) is 5. The second-order valence-corrected chi connectivity index (χ2v) is 6.72. The number of H-pyrrole nitrogens is 1. The van der Waals surface area contributed by atoms with Gasteiger partial charge in [0, 0.05) is 31.9 Å². The zero-order valence-electron chi connectivity index (χ0n) is 15.8. The van der Waals surface area contributed by atoms with Crippen molar-refractivity contribution in [3.05, 3.63) is 41.5 Å². The molecular formula is C18H18ClFN6O3. The highest BCUT2D eigenvalue weighted by Gasteiger charge is 2.27. The number of aromatic nitrogens is 6. The van der Waals surface area contributed by atoms with Gasteiger partial charge in [-0.1, -0.05) is 11.6 Å². The predicted octanol–water partition coefficient (Wildman–Crippen LogP) is 2.63. The van der Waals surface area contributed by atoms with E-state index in [0.29, 0.717) is 22.6 Å². The van der Waals surface area contributed by atoms with Crippen molar-refractivity contribution >= 4 is 22.5 Å².